The number of ether oxygens (including phenoxy) is 1. The molecule has 0 bridgehead atoms. The molecule has 1 fully saturated rings. The van der Waals surface area contributed by atoms with Gasteiger partial charge in [0.25, 0.3) is 0 Å². The standard InChI is InChI=1S/C26H24FN7O3/c1-2-23(36)31-17-7-8-28-21(11-17)24-20(27)5-3-16-12-30-26(33-25(16)24)32-18-4-6-22(29-13-18)34-9-10-37-19(14-34)15-35/h2-8,11-13,19,35H,1,9-10,14-15H2,(H,28,31,36)(H,30,32,33)/t19-/m1/s1. The van der Waals surface area contributed by atoms with Gasteiger partial charge in [0.2, 0.25) is 11.9 Å². The minimum atomic E-state index is -0.505. The molecule has 1 aliphatic heterocycles. The molecule has 4 heterocycles. The monoisotopic (exact) mass is 501 g/mol. The average molecular weight is 502 g/mol. The molecule has 37 heavy (non-hydrogen) atoms. The van der Waals surface area contributed by atoms with E-state index >= 15 is 4.39 Å². The molecule has 0 spiro atoms. The highest BCUT2D eigenvalue weighted by Crippen LogP contribution is 2.31. The Kier molecular flexibility index (Phi) is 6.97. The summed E-state index contributed by atoms with van der Waals surface area (Å²) in [4.78, 5) is 31.5. The molecule has 1 aromatic carbocycles. The van der Waals surface area contributed by atoms with E-state index in [0.717, 1.165) is 11.9 Å². The molecule has 4 aromatic rings. The van der Waals surface area contributed by atoms with Crippen LogP contribution in [0.25, 0.3) is 22.2 Å². The van der Waals surface area contributed by atoms with E-state index in [2.05, 4.69) is 37.1 Å². The lowest BCUT2D eigenvalue weighted by atomic mass is 10.1. The van der Waals surface area contributed by atoms with Gasteiger partial charge in [-0.05, 0) is 42.5 Å². The quantitative estimate of drug-likeness (QED) is 0.327. The van der Waals surface area contributed by atoms with Gasteiger partial charge in [-0.1, -0.05) is 6.58 Å². The van der Waals surface area contributed by atoms with Crippen molar-refractivity contribution in [1.82, 2.24) is 19.9 Å². The van der Waals surface area contributed by atoms with Gasteiger partial charge in [0.05, 0.1) is 48.0 Å². The average Bonchev–Trinajstić information content (AvgIpc) is 2.93. The summed E-state index contributed by atoms with van der Waals surface area (Å²) >= 11 is 0. The number of hydrogen-bond donors (Lipinski definition) is 3. The molecular weight excluding hydrogens is 477 g/mol. The van der Waals surface area contributed by atoms with Gasteiger partial charge in [-0.2, -0.15) is 0 Å². The number of amides is 1. The molecule has 11 heteroatoms. The maximum absolute atomic E-state index is 15.0. The van der Waals surface area contributed by atoms with E-state index in [1.807, 2.05) is 17.0 Å². The van der Waals surface area contributed by atoms with E-state index in [9.17, 15) is 9.90 Å². The van der Waals surface area contributed by atoms with Crippen LogP contribution in [-0.2, 0) is 9.53 Å². The molecule has 1 aliphatic rings. The molecule has 3 N–H and O–H groups in total. The van der Waals surface area contributed by atoms with Crippen LogP contribution in [0.4, 0.5) is 27.5 Å². The lowest BCUT2D eigenvalue weighted by Gasteiger charge is -2.32. The molecule has 10 nitrogen and oxygen atoms in total. The lowest BCUT2D eigenvalue weighted by molar-refractivity contribution is -0.111. The Morgan fingerprint density at radius 1 is 1.19 bits per heavy atom. The number of pyridine rings is 2. The zero-order chi connectivity index (χ0) is 25.8. The third-order valence-electron chi connectivity index (χ3n) is 5.84. The maximum Gasteiger partial charge on any atom is 0.247 e. The Bertz CT molecular complexity index is 1450. The zero-order valence-corrected chi connectivity index (χ0v) is 19.8. The van der Waals surface area contributed by atoms with Crippen LogP contribution in [-0.4, -0.2) is 63.4 Å². The minimum absolute atomic E-state index is 0.0404. The maximum atomic E-state index is 15.0. The summed E-state index contributed by atoms with van der Waals surface area (Å²) in [5, 5.41) is 15.8. The number of benzene rings is 1. The molecule has 3 aromatic heterocycles. The molecule has 5 rings (SSSR count). The number of hydrogen-bond acceptors (Lipinski definition) is 9. The largest absolute Gasteiger partial charge is 0.394 e. The van der Waals surface area contributed by atoms with Crippen molar-refractivity contribution < 1.29 is 19.0 Å². The Balaban J connectivity index is 1.42. The molecular formula is C26H24FN7O3. The summed E-state index contributed by atoms with van der Waals surface area (Å²) in [6.07, 6.45) is 5.66. The van der Waals surface area contributed by atoms with E-state index in [0.29, 0.717) is 47.7 Å². The minimum Gasteiger partial charge on any atom is -0.394 e. The molecule has 0 saturated carbocycles. The summed E-state index contributed by atoms with van der Waals surface area (Å²) in [5.74, 6) is 0.141. The molecule has 0 unspecified atom stereocenters. The van der Waals surface area contributed by atoms with Crippen LogP contribution >= 0.6 is 0 Å². The second kappa shape index (κ2) is 10.6. The van der Waals surface area contributed by atoms with E-state index in [1.165, 1.54) is 12.3 Å². The van der Waals surface area contributed by atoms with Gasteiger partial charge < -0.3 is 25.4 Å². The predicted molar refractivity (Wildman–Crippen MR) is 138 cm³/mol. The summed E-state index contributed by atoms with van der Waals surface area (Å²) in [7, 11) is 0. The van der Waals surface area contributed by atoms with Crippen LogP contribution in [0.15, 0.2) is 67.6 Å². The van der Waals surface area contributed by atoms with Crippen molar-refractivity contribution in [2.45, 2.75) is 6.10 Å². The number of aromatic nitrogens is 4. The van der Waals surface area contributed by atoms with Gasteiger partial charge in [0, 0.05) is 36.6 Å². The van der Waals surface area contributed by atoms with Crippen LogP contribution in [0.5, 0.6) is 0 Å². The summed E-state index contributed by atoms with van der Waals surface area (Å²) < 4.78 is 20.5. The van der Waals surface area contributed by atoms with E-state index in [1.54, 1.807) is 30.6 Å². The number of carbonyl (C=O) groups is 1. The fourth-order valence-corrected chi connectivity index (χ4v) is 4.03. The first-order valence-corrected chi connectivity index (χ1v) is 11.6. The number of nitrogens with zero attached hydrogens (tertiary/aromatic N) is 5. The lowest BCUT2D eigenvalue weighted by Crippen LogP contribution is -2.44. The highest BCUT2D eigenvalue weighted by atomic mass is 19.1. The van der Waals surface area contributed by atoms with Gasteiger partial charge in [-0.15, -0.1) is 0 Å². The van der Waals surface area contributed by atoms with Gasteiger partial charge in [0.15, 0.2) is 0 Å². The van der Waals surface area contributed by atoms with E-state index < -0.39 is 5.82 Å². The second-order valence-electron chi connectivity index (χ2n) is 8.33. The normalized spacial score (nSPS) is 15.4. The fraction of sp³-hybridized carbons (Fsp3) is 0.192. The third-order valence-corrected chi connectivity index (χ3v) is 5.84. The van der Waals surface area contributed by atoms with Crippen molar-refractivity contribution in [3.8, 4) is 11.3 Å². The molecule has 1 atom stereocenters. The number of aliphatic hydroxyl groups is 1. The van der Waals surface area contributed by atoms with Crippen LogP contribution < -0.4 is 15.5 Å². The first-order valence-electron chi connectivity index (χ1n) is 11.6. The van der Waals surface area contributed by atoms with E-state index in [-0.39, 0.29) is 30.1 Å². The highest BCUT2D eigenvalue weighted by molar-refractivity contribution is 6.00. The molecule has 0 aliphatic carbocycles. The van der Waals surface area contributed by atoms with Crippen molar-refractivity contribution in [2.24, 2.45) is 0 Å². The number of fused-ring (bicyclic) bond motifs is 1. The van der Waals surface area contributed by atoms with Crippen LogP contribution in [0.3, 0.4) is 0 Å². The number of halogens is 1. The fourth-order valence-electron chi connectivity index (χ4n) is 4.03. The van der Waals surface area contributed by atoms with Gasteiger partial charge >= 0.3 is 0 Å². The van der Waals surface area contributed by atoms with Crippen molar-refractivity contribution in [3.05, 3.63) is 73.5 Å². The number of morpholine rings is 1. The Morgan fingerprint density at radius 2 is 2.08 bits per heavy atom. The number of anilines is 4. The number of carbonyl (C=O) groups excluding carboxylic acids is 1. The number of rotatable bonds is 7. The Hall–Kier alpha value is -4.48. The molecule has 1 saturated heterocycles. The summed E-state index contributed by atoms with van der Waals surface area (Å²) in [6.45, 7) is 5.17. The van der Waals surface area contributed by atoms with Crippen LogP contribution in [0.2, 0.25) is 0 Å². The number of aliphatic hydroxyl groups excluding tert-OH is 1. The van der Waals surface area contributed by atoms with Gasteiger partial charge in [-0.3, -0.25) is 9.78 Å². The topological polar surface area (TPSA) is 125 Å². The first-order chi connectivity index (χ1) is 18.0. The van der Waals surface area contributed by atoms with Gasteiger partial charge in [-0.25, -0.2) is 19.3 Å². The highest BCUT2D eigenvalue weighted by Gasteiger charge is 2.21. The van der Waals surface area contributed by atoms with E-state index in [4.69, 9.17) is 4.74 Å². The second-order valence-corrected chi connectivity index (χ2v) is 8.33. The summed E-state index contributed by atoms with van der Waals surface area (Å²) in [5.41, 5.74) is 1.98. The van der Waals surface area contributed by atoms with Crippen molar-refractivity contribution in [2.75, 3.05) is 41.8 Å². The molecule has 188 valence electrons. The first kappa shape index (κ1) is 24.2. The van der Waals surface area contributed by atoms with Crippen LogP contribution in [0.1, 0.15) is 0 Å². The van der Waals surface area contributed by atoms with Crippen molar-refractivity contribution >= 4 is 40.0 Å². The van der Waals surface area contributed by atoms with Gasteiger partial charge in [0.1, 0.15) is 11.6 Å². The summed E-state index contributed by atoms with van der Waals surface area (Å²) in [6, 6.07) is 9.82. The Labute approximate surface area is 211 Å². The third kappa shape index (κ3) is 5.37. The zero-order valence-electron chi connectivity index (χ0n) is 19.8. The SMILES string of the molecule is C=CC(=O)Nc1ccnc(-c2c(F)ccc3cnc(Nc4ccc(N5CCO[C@@H](CO)C5)nc4)nc23)c1. The van der Waals surface area contributed by atoms with Crippen LogP contribution in [0, 0.1) is 5.82 Å². The number of nitrogens with one attached hydrogen (secondary N) is 2. The molecule has 0 radical (unpaired) electrons. The molecule has 1 amide bonds. The smallest absolute Gasteiger partial charge is 0.247 e. The van der Waals surface area contributed by atoms with Crippen molar-refractivity contribution in [1.29, 1.82) is 0 Å². The predicted octanol–water partition coefficient (Wildman–Crippen LogP) is 3.29. The van der Waals surface area contributed by atoms with Crippen molar-refractivity contribution in [3.63, 3.8) is 0 Å². The Morgan fingerprint density at radius 3 is 2.86 bits per heavy atom.